The molecule has 2 aromatic rings. The molecule has 1 fully saturated rings. The Morgan fingerprint density at radius 1 is 1.13 bits per heavy atom. The van der Waals surface area contributed by atoms with Crippen LogP contribution in [0.3, 0.4) is 0 Å². The molecule has 0 unspecified atom stereocenters. The minimum Gasteiger partial charge on any atom is -0.497 e. The molecule has 1 saturated heterocycles. The van der Waals surface area contributed by atoms with Crippen molar-refractivity contribution in [3.05, 3.63) is 60.2 Å². The summed E-state index contributed by atoms with van der Waals surface area (Å²) in [6.07, 6.45) is 2.78. The van der Waals surface area contributed by atoms with Crippen LogP contribution in [0, 0.1) is 0 Å². The second kappa shape index (κ2) is 9.42. The van der Waals surface area contributed by atoms with Crippen LogP contribution in [0.2, 0.25) is 0 Å². The predicted octanol–water partition coefficient (Wildman–Crippen LogP) is 3.15. The van der Waals surface area contributed by atoms with Crippen molar-refractivity contribution >= 4 is 27.7 Å². The molecular formula is C22H26N2O5S. The Morgan fingerprint density at radius 2 is 1.80 bits per heavy atom. The van der Waals surface area contributed by atoms with Crippen LogP contribution < -0.4 is 10.1 Å². The minimum atomic E-state index is -3.61. The highest BCUT2D eigenvalue weighted by Gasteiger charge is 2.32. The van der Waals surface area contributed by atoms with Crippen LogP contribution in [0.15, 0.2) is 59.5 Å². The second-order valence-electron chi connectivity index (χ2n) is 7.20. The maximum absolute atomic E-state index is 12.9. The van der Waals surface area contributed by atoms with Gasteiger partial charge in [0.25, 0.3) is 0 Å². The molecule has 0 spiro atoms. The zero-order chi connectivity index (χ0) is 21.7. The number of methoxy groups -OCH3 is 1. The van der Waals surface area contributed by atoms with E-state index >= 15 is 0 Å². The van der Waals surface area contributed by atoms with Gasteiger partial charge in [0.2, 0.25) is 15.9 Å². The highest BCUT2D eigenvalue weighted by molar-refractivity contribution is 7.89. The topological polar surface area (TPSA) is 84.9 Å². The van der Waals surface area contributed by atoms with Gasteiger partial charge in [0.1, 0.15) is 5.75 Å². The molecule has 0 aromatic heterocycles. The van der Waals surface area contributed by atoms with Crippen molar-refractivity contribution in [2.75, 3.05) is 25.5 Å². The average molecular weight is 431 g/mol. The summed E-state index contributed by atoms with van der Waals surface area (Å²) in [4.78, 5) is 12.4. The molecule has 0 bridgehead atoms. The van der Waals surface area contributed by atoms with Gasteiger partial charge in [0.05, 0.1) is 24.2 Å². The van der Waals surface area contributed by atoms with E-state index in [0.717, 1.165) is 5.56 Å². The normalized spacial score (nSPS) is 20.2. The molecule has 1 N–H and O–H groups in total. The van der Waals surface area contributed by atoms with Crippen molar-refractivity contribution in [2.24, 2.45) is 0 Å². The first-order chi connectivity index (χ1) is 14.3. The quantitative estimate of drug-likeness (QED) is 0.712. The van der Waals surface area contributed by atoms with Crippen LogP contribution >= 0.6 is 0 Å². The predicted molar refractivity (Wildman–Crippen MR) is 116 cm³/mol. The van der Waals surface area contributed by atoms with Gasteiger partial charge in [0, 0.05) is 24.9 Å². The van der Waals surface area contributed by atoms with Crippen LogP contribution in [-0.4, -0.2) is 51.0 Å². The number of anilines is 1. The Kier molecular flexibility index (Phi) is 6.91. The summed E-state index contributed by atoms with van der Waals surface area (Å²) in [5.74, 6) is 0.391. The lowest BCUT2D eigenvalue weighted by Gasteiger charge is -2.34. The van der Waals surface area contributed by atoms with Gasteiger partial charge >= 0.3 is 0 Å². The Labute approximate surface area is 177 Å². The smallest absolute Gasteiger partial charge is 0.248 e. The Bertz CT molecular complexity index is 1010. The minimum absolute atomic E-state index is 0.154. The summed E-state index contributed by atoms with van der Waals surface area (Å²) in [7, 11) is -2.03. The molecule has 8 heteroatoms. The lowest BCUT2D eigenvalue weighted by Crippen LogP contribution is -2.48. The second-order valence-corrected chi connectivity index (χ2v) is 9.14. The SMILES string of the molecule is COc1cccc(/C=C/C(=O)Nc2ccc(S(=O)(=O)N3C[C@@H](C)O[C@H](C)C3)cc2)c1. The molecule has 0 radical (unpaired) electrons. The van der Waals surface area contributed by atoms with E-state index in [1.54, 1.807) is 25.3 Å². The van der Waals surface area contributed by atoms with Crippen molar-refractivity contribution in [2.45, 2.75) is 31.0 Å². The van der Waals surface area contributed by atoms with E-state index in [-0.39, 0.29) is 23.0 Å². The third-order valence-electron chi connectivity index (χ3n) is 4.67. The van der Waals surface area contributed by atoms with E-state index in [9.17, 15) is 13.2 Å². The van der Waals surface area contributed by atoms with Crippen LogP contribution in [0.1, 0.15) is 19.4 Å². The number of carbonyl (C=O) groups excluding carboxylic acids is 1. The summed E-state index contributed by atoms with van der Waals surface area (Å²) in [6, 6.07) is 13.5. The zero-order valence-electron chi connectivity index (χ0n) is 17.2. The van der Waals surface area contributed by atoms with Crippen molar-refractivity contribution in [1.29, 1.82) is 0 Å². The maximum atomic E-state index is 12.9. The number of sulfonamides is 1. The number of amides is 1. The largest absolute Gasteiger partial charge is 0.497 e. The summed E-state index contributed by atoms with van der Waals surface area (Å²) in [5.41, 5.74) is 1.35. The Hall–Kier alpha value is -2.68. The first kappa shape index (κ1) is 22.0. The van der Waals surface area contributed by atoms with Crippen LogP contribution in [0.4, 0.5) is 5.69 Å². The number of nitrogens with zero attached hydrogens (tertiary/aromatic N) is 1. The highest BCUT2D eigenvalue weighted by Crippen LogP contribution is 2.22. The van der Waals surface area contributed by atoms with Crippen LogP contribution in [0.25, 0.3) is 6.08 Å². The number of nitrogens with one attached hydrogen (secondary N) is 1. The van der Waals surface area contributed by atoms with Gasteiger partial charge in [-0.25, -0.2) is 8.42 Å². The van der Waals surface area contributed by atoms with Crippen molar-refractivity contribution in [3.8, 4) is 5.75 Å². The van der Waals surface area contributed by atoms with E-state index in [2.05, 4.69) is 5.32 Å². The van der Waals surface area contributed by atoms with Gasteiger partial charge in [-0.2, -0.15) is 4.31 Å². The molecule has 160 valence electrons. The number of rotatable bonds is 6. The third kappa shape index (κ3) is 5.47. The van der Waals surface area contributed by atoms with E-state index in [0.29, 0.717) is 24.5 Å². The maximum Gasteiger partial charge on any atom is 0.248 e. The molecule has 1 aliphatic heterocycles. The summed E-state index contributed by atoms with van der Waals surface area (Å²) in [5, 5.41) is 2.73. The van der Waals surface area contributed by atoms with Gasteiger partial charge in [-0.15, -0.1) is 0 Å². The average Bonchev–Trinajstić information content (AvgIpc) is 2.72. The molecule has 2 atom stereocenters. The molecule has 3 rings (SSSR count). The first-order valence-electron chi connectivity index (χ1n) is 9.67. The molecule has 0 saturated carbocycles. The standard InChI is InChI=1S/C22H26N2O5S/c1-16-14-24(15-17(2)29-16)30(26,27)21-10-8-19(9-11-21)23-22(25)12-7-18-5-4-6-20(13-18)28-3/h4-13,16-17H,14-15H2,1-3H3,(H,23,25)/b12-7+/t16-,17-/m1/s1. The fraction of sp³-hybridized carbons (Fsp3) is 0.318. The highest BCUT2D eigenvalue weighted by atomic mass is 32.2. The lowest BCUT2D eigenvalue weighted by atomic mass is 10.2. The molecule has 1 heterocycles. The number of benzene rings is 2. The molecule has 1 aliphatic rings. The molecule has 7 nitrogen and oxygen atoms in total. The molecule has 2 aromatic carbocycles. The third-order valence-corrected chi connectivity index (χ3v) is 6.51. The van der Waals surface area contributed by atoms with E-state index in [4.69, 9.17) is 9.47 Å². The number of hydrogen-bond acceptors (Lipinski definition) is 5. The summed E-state index contributed by atoms with van der Waals surface area (Å²) < 4.78 is 38.0. The number of carbonyl (C=O) groups is 1. The number of hydrogen-bond donors (Lipinski definition) is 1. The zero-order valence-corrected chi connectivity index (χ0v) is 18.1. The monoisotopic (exact) mass is 430 g/mol. The molecule has 30 heavy (non-hydrogen) atoms. The van der Waals surface area contributed by atoms with E-state index < -0.39 is 10.0 Å². The summed E-state index contributed by atoms with van der Waals surface area (Å²) in [6.45, 7) is 4.35. The van der Waals surface area contributed by atoms with Crippen LogP contribution in [0.5, 0.6) is 5.75 Å². The number of ether oxygens (including phenoxy) is 2. The fourth-order valence-electron chi connectivity index (χ4n) is 3.29. The fourth-order valence-corrected chi connectivity index (χ4v) is 4.88. The van der Waals surface area contributed by atoms with Crippen molar-refractivity contribution in [3.63, 3.8) is 0 Å². The van der Waals surface area contributed by atoms with E-state index in [1.165, 1.54) is 22.5 Å². The summed E-state index contributed by atoms with van der Waals surface area (Å²) >= 11 is 0. The van der Waals surface area contributed by atoms with Gasteiger partial charge in [-0.05, 0) is 61.9 Å². The van der Waals surface area contributed by atoms with Gasteiger partial charge in [0.15, 0.2) is 0 Å². The van der Waals surface area contributed by atoms with Gasteiger partial charge in [-0.3, -0.25) is 4.79 Å². The van der Waals surface area contributed by atoms with Crippen molar-refractivity contribution in [1.82, 2.24) is 4.31 Å². The van der Waals surface area contributed by atoms with Crippen molar-refractivity contribution < 1.29 is 22.7 Å². The Morgan fingerprint density at radius 3 is 2.43 bits per heavy atom. The van der Waals surface area contributed by atoms with E-state index in [1.807, 2.05) is 38.1 Å². The first-order valence-corrected chi connectivity index (χ1v) is 11.1. The molecular weight excluding hydrogens is 404 g/mol. The van der Waals surface area contributed by atoms with Crippen LogP contribution in [-0.2, 0) is 19.6 Å². The van der Waals surface area contributed by atoms with Gasteiger partial charge in [-0.1, -0.05) is 12.1 Å². The number of morpholine rings is 1. The molecule has 1 amide bonds. The lowest BCUT2D eigenvalue weighted by molar-refractivity contribution is -0.111. The Balaban J connectivity index is 1.65. The van der Waals surface area contributed by atoms with Gasteiger partial charge < -0.3 is 14.8 Å². The molecule has 0 aliphatic carbocycles.